The zero-order chi connectivity index (χ0) is 18.0. The molecule has 0 fully saturated rings. The van der Waals surface area contributed by atoms with E-state index in [0.29, 0.717) is 39.4 Å². The van der Waals surface area contributed by atoms with Crippen molar-refractivity contribution in [1.82, 2.24) is 9.55 Å². The van der Waals surface area contributed by atoms with E-state index in [-0.39, 0.29) is 11.5 Å². The van der Waals surface area contributed by atoms with Crippen molar-refractivity contribution in [1.29, 1.82) is 0 Å². The molecule has 1 aromatic heterocycles. The number of para-hydroxylation sites is 1. The number of nitrogens with one attached hydrogen (secondary N) is 2. The van der Waals surface area contributed by atoms with Crippen LogP contribution in [0.15, 0.2) is 53.3 Å². The lowest BCUT2D eigenvalue weighted by Crippen LogP contribution is -2.20. The number of benzene rings is 2. The standard InChI is InChI=1S/C19H19N3O2S/c1-12(2)11-17(23)20-13-7-9-14(10-8-13)22-18(24)15-5-3-4-6-16(15)21-19(22)25/h3-10,12H,11H2,1-2H3,(H,20,23)(H,21,25). The minimum absolute atomic E-state index is 0.0251. The van der Waals surface area contributed by atoms with E-state index in [1.165, 1.54) is 4.57 Å². The molecule has 0 radical (unpaired) electrons. The van der Waals surface area contributed by atoms with Crippen molar-refractivity contribution in [3.8, 4) is 5.69 Å². The number of aromatic amines is 1. The molecule has 5 nitrogen and oxygen atoms in total. The van der Waals surface area contributed by atoms with E-state index in [9.17, 15) is 9.59 Å². The second kappa shape index (κ2) is 7.03. The average molecular weight is 353 g/mol. The highest BCUT2D eigenvalue weighted by Gasteiger charge is 2.08. The number of carbonyl (C=O) groups is 1. The van der Waals surface area contributed by atoms with Crippen LogP contribution in [0.2, 0.25) is 0 Å². The number of hydrogen-bond donors (Lipinski definition) is 2. The van der Waals surface area contributed by atoms with Crippen LogP contribution in [0, 0.1) is 10.7 Å². The Kier molecular flexibility index (Phi) is 4.81. The zero-order valence-corrected chi connectivity index (χ0v) is 14.9. The molecule has 0 spiro atoms. The first-order valence-electron chi connectivity index (χ1n) is 8.10. The normalized spacial score (nSPS) is 11.0. The van der Waals surface area contributed by atoms with Crippen molar-refractivity contribution in [2.45, 2.75) is 20.3 Å². The van der Waals surface area contributed by atoms with Crippen LogP contribution in [0.5, 0.6) is 0 Å². The van der Waals surface area contributed by atoms with E-state index < -0.39 is 0 Å². The molecule has 2 N–H and O–H groups in total. The summed E-state index contributed by atoms with van der Waals surface area (Å²) in [5.41, 5.74) is 1.89. The molecule has 1 amide bonds. The van der Waals surface area contributed by atoms with Gasteiger partial charge in [-0.25, -0.2) is 0 Å². The Hall–Kier alpha value is -2.73. The Morgan fingerprint density at radius 1 is 1.16 bits per heavy atom. The van der Waals surface area contributed by atoms with Gasteiger partial charge in [0.05, 0.1) is 16.6 Å². The second-order valence-corrected chi connectivity index (χ2v) is 6.70. The van der Waals surface area contributed by atoms with Gasteiger partial charge < -0.3 is 10.3 Å². The van der Waals surface area contributed by atoms with Gasteiger partial charge in [-0.2, -0.15) is 0 Å². The zero-order valence-electron chi connectivity index (χ0n) is 14.1. The summed E-state index contributed by atoms with van der Waals surface area (Å²) < 4.78 is 1.79. The summed E-state index contributed by atoms with van der Waals surface area (Å²) in [5.74, 6) is 0.275. The van der Waals surface area contributed by atoms with Crippen LogP contribution < -0.4 is 10.9 Å². The quantitative estimate of drug-likeness (QED) is 0.696. The van der Waals surface area contributed by atoms with Crippen molar-refractivity contribution < 1.29 is 4.79 Å². The molecular weight excluding hydrogens is 334 g/mol. The molecule has 1 heterocycles. The minimum atomic E-state index is -0.170. The van der Waals surface area contributed by atoms with E-state index in [2.05, 4.69) is 10.3 Å². The molecule has 128 valence electrons. The van der Waals surface area contributed by atoms with Gasteiger partial charge in [0.25, 0.3) is 5.56 Å². The van der Waals surface area contributed by atoms with Crippen molar-refractivity contribution in [2.24, 2.45) is 5.92 Å². The molecule has 0 aliphatic carbocycles. The number of fused-ring (bicyclic) bond motifs is 1. The Bertz CT molecular complexity index is 1030. The molecule has 25 heavy (non-hydrogen) atoms. The summed E-state index contributed by atoms with van der Waals surface area (Å²) in [6.07, 6.45) is 0.469. The number of amides is 1. The van der Waals surface area contributed by atoms with Gasteiger partial charge in [0.2, 0.25) is 5.91 Å². The summed E-state index contributed by atoms with van der Waals surface area (Å²) >= 11 is 5.34. The Morgan fingerprint density at radius 3 is 2.52 bits per heavy atom. The Morgan fingerprint density at radius 2 is 1.84 bits per heavy atom. The van der Waals surface area contributed by atoms with Crippen molar-refractivity contribution in [2.75, 3.05) is 5.32 Å². The molecule has 0 saturated heterocycles. The number of anilines is 1. The summed E-state index contributed by atoms with van der Waals surface area (Å²) in [5, 5.41) is 3.43. The molecule has 0 atom stereocenters. The highest BCUT2D eigenvalue weighted by atomic mass is 32.1. The van der Waals surface area contributed by atoms with Crippen molar-refractivity contribution in [3.05, 3.63) is 63.7 Å². The van der Waals surface area contributed by atoms with Gasteiger partial charge in [-0.15, -0.1) is 0 Å². The number of rotatable bonds is 4. The lowest BCUT2D eigenvalue weighted by molar-refractivity contribution is -0.116. The van der Waals surface area contributed by atoms with Gasteiger partial charge in [0.15, 0.2) is 4.77 Å². The smallest absolute Gasteiger partial charge is 0.266 e. The van der Waals surface area contributed by atoms with Gasteiger partial charge >= 0.3 is 0 Å². The molecule has 0 saturated carbocycles. The molecule has 0 aliphatic heterocycles. The minimum Gasteiger partial charge on any atom is -0.331 e. The Labute approximate surface area is 150 Å². The third-order valence-corrected chi connectivity index (χ3v) is 4.09. The highest BCUT2D eigenvalue weighted by molar-refractivity contribution is 7.71. The number of aromatic nitrogens is 2. The highest BCUT2D eigenvalue weighted by Crippen LogP contribution is 2.15. The van der Waals surface area contributed by atoms with E-state index in [4.69, 9.17) is 12.2 Å². The van der Waals surface area contributed by atoms with Crippen LogP contribution in [0.4, 0.5) is 5.69 Å². The number of nitrogens with zero attached hydrogens (tertiary/aromatic N) is 1. The Balaban J connectivity index is 1.95. The van der Waals surface area contributed by atoms with Crippen LogP contribution in [-0.2, 0) is 4.79 Å². The van der Waals surface area contributed by atoms with Crippen molar-refractivity contribution >= 4 is 34.7 Å². The molecular formula is C19H19N3O2S. The monoisotopic (exact) mass is 353 g/mol. The van der Waals surface area contributed by atoms with Crippen LogP contribution in [0.1, 0.15) is 20.3 Å². The molecule has 0 unspecified atom stereocenters. The van der Waals surface area contributed by atoms with E-state index >= 15 is 0 Å². The van der Waals surface area contributed by atoms with Gasteiger partial charge in [-0.05, 0) is 54.5 Å². The topological polar surface area (TPSA) is 66.9 Å². The average Bonchev–Trinajstić information content (AvgIpc) is 2.55. The fourth-order valence-electron chi connectivity index (χ4n) is 2.67. The van der Waals surface area contributed by atoms with E-state index in [1.54, 1.807) is 30.3 Å². The van der Waals surface area contributed by atoms with Crippen LogP contribution in [0.3, 0.4) is 0 Å². The fourth-order valence-corrected chi connectivity index (χ4v) is 2.97. The molecule has 3 aromatic rings. The molecule has 0 bridgehead atoms. The largest absolute Gasteiger partial charge is 0.331 e. The van der Waals surface area contributed by atoms with Crippen LogP contribution in [-0.4, -0.2) is 15.5 Å². The van der Waals surface area contributed by atoms with Gasteiger partial charge in [0, 0.05) is 12.1 Å². The van der Waals surface area contributed by atoms with E-state index in [0.717, 1.165) is 0 Å². The first kappa shape index (κ1) is 17.1. The second-order valence-electron chi connectivity index (χ2n) is 6.31. The molecule has 6 heteroatoms. The predicted octanol–water partition coefficient (Wildman–Crippen LogP) is 4.03. The maximum atomic E-state index is 12.7. The predicted molar refractivity (Wildman–Crippen MR) is 103 cm³/mol. The summed E-state index contributed by atoms with van der Waals surface area (Å²) in [4.78, 5) is 27.7. The van der Waals surface area contributed by atoms with Gasteiger partial charge in [0.1, 0.15) is 0 Å². The number of hydrogen-bond acceptors (Lipinski definition) is 3. The van der Waals surface area contributed by atoms with Crippen LogP contribution >= 0.6 is 12.2 Å². The van der Waals surface area contributed by atoms with Gasteiger partial charge in [-0.3, -0.25) is 14.2 Å². The SMILES string of the molecule is CC(C)CC(=O)Nc1ccc(-n2c(=S)[nH]c3ccccc3c2=O)cc1. The van der Waals surface area contributed by atoms with Gasteiger partial charge in [-0.1, -0.05) is 26.0 Å². The lowest BCUT2D eigenvalue weighted by Gasteiger charge is -2.10. The summed E-state index contributed by atoms with van der Waals surface area (Å²) in [6, 6.07) is 14.3. The molecule has 3 rings (SSSR count). The first-order chi connectivity index (χ1) is 12.0. The van der Waals surface area contributed by atoms with Crippen molar-refractivity contribution in [3.63, 3.8) is 0 Å². The maximum Gasteiger partial charge on any atom is 0.266 e. The number of carbonyl (C=O) groups excluding carboxylic acids is 1. The molecule has 2 aromatic carbocycles. The third-order valence-electron chi connectivity index (χ3n) is 3.81. The lowest BCUT2D eigenvalue weighted by atomic mass is 10.1. The molecule has 0 aliphatic rings. The number of H-pyrrole nitrogens is 1. The summed E-state index contributed by atoms with van der Waals surface area (Å²) in [6.45, 7) is 3.99. The maximum absolute atomic E-state index is 12.7. The first-order valence-corrected chi connectivity index (χ1v) is 8.51. The van der Waals surface area contributed by atoms with Crippen LogP contribution in [0.25, 0.3) is 16.6 Å². The van der Waals surface area contributed by atoms with E-state index in [1.807, 2.05) is 32.0 Å². The third kappa shape index (κ3) is 3.69. The fraction of sp³-hybridized carbons (Fsp3) is 0.211. The summed E-state index contributed by atoms with van der Waals surface area (Å²) in [7, 11) is 0.